The lowest BCUT2D eigenvalue weighted by Gasteiger charge is -2.64. The molecule has 164 valence electrons. The third kappa shape index (κ3) is 2.20. The molecule has 5 aliphatic carbocycles. The molecule has 29 heavy (non-hydrogen) atoms. The third-order valence-corrected chi connectivity index (χ3v) is 10.8. The van der Waals surface area contributed by atoms with Crippen LogP contribution in [0.25, 0.3) is 0 Å². The van der Waals surface area contributed by atoms with Crippen LogP contribution in [0.3, 0.4) is 0 Å². The maximum atomic E-state index is 12.9. The molecule has 5 heteroatoms. The molecule has 0 spiro atoms. The van der Waals surface area contributed by atoms with Gasteiger partial charge < -0.3 is 20.1 Å². The Kier molecular flexibility index (Phi) is 4.18. The van der Waals surface area contributed by atoms with Crippen LogP contribution in [0.5, 0.6) is 0 Å². The molecule has 0 aliphatic heterocycles. The largest absolute Gasteiger partial charge is 0.464 e. The van der Waals surface area contributed by atoms with Crippen molar-refractivity contribution in [1.29, 1.82) is 0 Å². The highest BCUT2D eigenvalue weighted by molar-refractivity contribution is 5.81. The van der Waals surface area contributed by atoms with E-state index < -0.39 is 22.6 Å². The van der Waals surface area contributed by atoms with Gasteiger partial charge in [0, 0.05) is 11.8 Å². The van der Waals surface area contributed by atoms with Crippen molar-refractivity contribution in [3.05, 3.63) is 0 Å². The Bertz CT molecular complexity index is 724. The Balaban J connectivity index is 1.53. The zero-order valence-corrected chi connectivity index (χ0v) is 18.4. The molecule has 11 atom stereocenters. The minimum Gasteiger partial charge on any atom is -0.464 e. The van der Waals surface area contributed by atoms with Crippen LogP contribution >= 0.6 is 0 Å². The van der Waals surface area contributed by atoms with Gasteiger partial charge in [-0.15, -0.1) is 0 Å². The zero-order chi connectivity index (χ0) is 21.0. The fraction of sp³-hybridized carbons (Fsp3) is 0.958. The van der Waals surface area contributed by atoms with Crippen molar-refractivity contribution in [2.75, 3.05) is 6.61 Å². The molecule has 0 amide bonds. The first-order valence-electron chi connectivity index (χ1n) is 11.8. The molecule has 5 nitrogen and oxygen atoms in total. The van der Waals surface area contributed by atoms with Crippen molar-refractivity contribution in [3.8, 4) is 0 Å². The summed E-state index contributed by atoms with van der Waals surface area (Å²) in [6.07, 6.45) is 5.38. The predicted octanol–water partition coefficient (Wildman–Crippen LogP) is 2.90. The molecule has 5 fully saturated rings. The van der Waals surface area contributed by atoms with Crippen LogP contribution in [0.2, 0.25) is 0 Å². The second-order valence-electron chi connectivity index (χ2n) is 11.6. The molecule has 5 rings (SSSR count). The maximum Gasteiger partial charge on any atom is 0.338 e. The highest BCUT2D eigenvalue weighted by Gasteiger charge is 2.77. The van der Waals surface area contributed by atoms with Gasteiger partial charge in [-0.1, -0.05) is 20.8 Å². The van der Waals surface area contributed by atoms with E-state index >= 15 is 0 Å². The third-order valence-electron chi connectivity index (χ3n) is 10.8. The number of rotatable bonds is 2. The fourth-order valence-electron chi connectivity index (χ4n) is 9.21. The van der Waals surface area contributed by atoms with Crippen LogP contribution in [0.15, 0.2) is 0 Å². The lowest BCUT2D eigenvalue weighted by Crippen LogP contribution is -2.65. The standard InChI is InChI=1S/C24H38O5/c1-5-29-20(26)24(28)13(2)10-18-19-15-11-17(15)23(27)12-14(25)6-8-21(23,3)16(19)7-9-22(18,24)4/h13-19,25,27-28H,5-12H2,1-4H3/t13?,14-,15?,16?,17?,18?,19?,21+,22-,23+,24+/m0/s1. The maximum absolute atomic E-state index is 12.9. The molecule has 0 saturated heterocycles. The summed E-state index contributed by atoms with van der Waals surface area (Å²) < 4.78 is 5.36. The SMILES string of the molecule is CCOC(=O)[C@]1(O)C(C)CC2C3C4CC4[C@]4(O)C[C@@H](O)CC[C@]4(C)C3CC[C@@]21C. The van der Waals surface area contributed by atoms with Crippen molar-refractivity contribution in [2.45, 2.75) is 89.9 Å². The average molecular weight is 407 g/mol. The molecule has 0 aromatic carbocycles. The number of carbonyl (C=O) groups is 1. The minimum absolute atomic E-state index is 0.116. The Morgan fingerprint density at radius 2 is 1.72 bits per heavy atom. The Labute approximate surface area is 174 Å². The van der Waals surface area contributed by atoms with E-state index in [0.717, 1.165) is 38.5 Å². The van der Waals surface area contributed by atoms with Crippen LogP contribution in [-0.2, 0) is 9.53 Å². The van der Waals surface area contributed by atoms with E-state index in [4.69, 9.17) is 4.74 Å². The molecular formula is C24H38O5. The molecule has 0 radical (unpaired) electrons. The van der Waals surface area contributed by atoms with Crippen molar-refractivity contribution < 1.29 is 24.9 Å². The van der Waals surface area contributed by atoms with E-state index in [9.17, 15) is 20.1 Å². The monoisotopic (exact) mass is 406 g/mol. The Hall–Kier alpha value is -0.650. The van der Waals surface area contributed by atoms with Crippen LogP contribution in [0, 0.1) is 46.3 Å². The number of hydrogen-bond acceptors (Lipinski definition) is 5. The van der Waals surface area contributed by atoms with Gasteiger partial charge in [0.1, 0.15) is 0 Å². The first kappa shape index (κ1) is 20.3. The number of esters is 1. The molecule has 3 N–H and O–H groups in total. The average Bonchev–Trinajstić information content (AvgIpc) is 3.43. The Morgan fingerprint density at radius 3 is 2.41 bits per heavy atom. The highest BCUT2D eigenvalue weighted by atomic mass is 16.5. The van der Waals surface area contributed by atoms with Gasteiger partial charge >= 0.3 is 5.97 Å². The molecule has 5 aliphatic rings. The summed E-state index contributed by atoms with van der Waals surface area (Å²) in [5, 5.41) is 33.9. The van der Waals surface area contributed by atoms with Gasteiger partial charge in [-0.25, -0.2) is 4.79 Å². The fourth-order valence-corrected chi connectivity index (χ4v) is 9.21. The number of fused-ring (bicyclic) bond motifs is 8. The van der Waals surface area contributed by atoms with Gasteiger partial charge in [0.2, 0.25) is 0 Å². The molecule has 5 saturated carbocycles. The van der Waals surface area contributed by atoms with Crippen LogP contribution in [-0.4, -0.2) is 45.2 Å². The number of ether oxygens (including phenoxy) is 1. The lowest BCUT2D eigenvalue weighted by atomic mass is 9.43. The molecule has 6 unspecified atom stereocenters. The molecule has 0 heterocycles. The summed E-state index contributed by atoms with van der Waals surface area (Å²) in [5.74, 6) is 1.30. The second kappa shape index (κ2) is 5.98. The van der Waals surface area contributed by atoms with Crippen LogP contribution < -0.4 is 0 Å². The Morgan fingerprint density at radius 1 is 1.03 bits per heavy atom. The van der Waals surface area contributed by atoms with Gasteiger partial charge in [0.25, 0.3) is 0 Å². The summed E-state index contributed by atoms with van der Waals surface area (Å²) in [5.41, 5.74) is -2.82. The first-order chi connectivity index (χ1) is 13.5. The predicted molar refractivity (Wildman–Crippen MR) is 108 cm³/mol. The van der Waals surface area contributed by atoms with Crippen molar-refractivity contribution in [1.82, 2.24) is 0 Å². The van der Waals surface area contributed by atoms with Gasteiger partial charge in [-0.3, -0.25) is 0 Å². The van der Waals surface area contributed by atoms with E-state index in [1.54, 1.807) is 6.92 Å². The summed E-state index contributed by atoms with van der Waals surface area (Å²) in [6, 6.07) is 0. The molecule has 0 bridgehead atoms. The number of carbonyl (C=O) groups excluding carboxylic acids is 1. The van der Waals surface area contributed by atoms with Gasteiger partial charge in [-0.05, 0) is 86.4 Å². The van der Waals surface area contributed by atoms with E-state index in [2.05, 4.69) is 13.8 Å². The summed E-state index contributed by atoms with van der Waals surface area (Å²) in [4.78, 5) is 12.9. The summed E-state index contributed by atoms with van der Waals surface area (Å²) in [6.45, 7) is 8.49. The summed E-state index contributed by atoms with van der Waals surface area (Å²) in [7, 11) is 0. The normalized spacial score (nSPS) is 60.4. The zero-order valence-electron chi connectivity index (χ0n) is 18.4. The number of aliphatic hydroxyl groups is 3. The lowest BCUT2D eigenvalue weighted by molar-refractivity contribution is -0.235. The smallest absolute Gasteiger partial charge is 0.338 e. The van der Waals surface area contributed by atoms with Gasteiger partial charge in [0.15, 0.2) is 5.60 Å². The topological polar surface area (TPSA) is 87.0 Å². The summed E-state index contributed by atoms with van der Waals surface area (Å²) >= 11 is 0. The molecule has 0 aromatic heterocycles. The quantitative estimate of drug-likeness (QED) is 0.614. The second-order valence-corrected chi connectivity index (χ2v) is 11.6. The molecular weight excluding hydrogens is 368 g/mol. The molecule has 0 aromatic rings. The van der Waals surface area contributed by atoms with Crippen LogP contribution in [0.4, 0.5) is 0 Å². The van der Waals surface area contributed by atoms with E-state index in [-0.39, 0.29) is 29.3 Å². The highest BCUT2D eigenvalue weighted by Crippen LogP contribution is 2.77. The minimum atomic E-state index is -1.42. The van der Waals surface area contributed by atoms with E-state index in [1.807, 2.05) is 6.92 Å². The van der Waals surface area contributed by atoms with Crippen molar-refractivity contribution in [3.63, 3.8) is 0 Å². The van der Waals surface area contributed by atoms with Gasteiger partial charge in [-0.2, -0.15) is 0 Å². The van der Waals surface area contributed by atoms with Gasteiger partial charge in [0.05, 0.1) is 18.3 Å². The van der Waals surface area contributed by atoms with Crippen molar-refractivity contribution in [2.24, 2.45) is 46.3 Å². The number of hydrogen-bond donors (Lipinski definition) is 3. The van der Waals surface area contributed by atoms with Crippen molar-refractivity contribution >= 4 is 5.97 Å². The van der Waals surface area contributed by atoms with E-state index in [0.29, 0.717) is 30.8 Å². The number of aliphatic hydroxyl groups excluding tert-OH is 1. The van der Waals surface area contributed by atoms with E-state index in [1.165, 1.54) is 0 Å². The first-order valence-corrected chi connectivity index (χ1v) is 11.8. The van der Waals surface area contributed by atoms with Crippen LogP contribution in [0.1, 0.15) is 72.6 Å².